The molecule has 2 aromatic carbocycles. The maximum absolute atomic E-state index is 12.7. The van der Waals surface area contributed by atoms with Gasteiger partial charge in [-0.15, -0.1) is 0 Å². The third-order valence-electron chi connectivity index (χ3n) is 3.77. The highest BCUT2D eigenvalue weighted by molar-refractivity contribution is 7.87. The maximum atomic E-state index is 12.7. The largest absolute Gasteiger partial charge is 0.490 e. The summed E-state index contributed by atoms with van der Waals surface area (Å²) in [6.07, 6.45) is 0. The van der Waals surface area contributed by atoms with Crippen LogP contribution in [0.15, 0.2) is 47.4 Å². The molecule has 0 radical (unpaired) electrons. The van der Waals surface area contributed by atoms with Crippen LogP contribution in [-0.4, -0.2) is 30.2 Å². The summed E-state index contributed by atoms with van der Waals surface area (Å²) in [6, 6.07) is 9.14. The van der Waals surface area contributed by atoms with Gasteiger partial charge >= 0.3 is 15.8 Å². The summed E-state index contributed by atoms with van der Waals surface area (Å²) in [5.41, 5.74) is 0.241. The van der Waals surface area contributed by atoms with Crippen molar-refractivity contribution in [2.45, 2.75) is 11.8 Å². The van der Waals surface area contributed by atoms with Crippen LogP contribution in [0.1, 0.15) is 5.69 Å². The molecule has 0 N–H and O–H groups in total. The molecular weight excluding hydrogens is 445 g/mol. The van der Waals surface area contributed by atoms with Crippen LogP contribution in [-0.2, 0) is 10.1 Å². The van der Waals surface area contributed by atoms with Crippen molar-refractivity contribution in [2.75, 3.05) is 7.11 Å². The fraction of sp³-hybridized carbons (Fsp3) is 0.118. The number of hydrogen-bond donors (Lipinski definition) is 0. The Kier molecular flexibility index (Phi) is 5.69. The van der Waals surface area contributed by atoms with Gasteiger partial charge in [0.25, 0.3) is 0 Å². The van der Waals surface area contributed by atoms with Crippen molar-refractivity contribution in [1.82, 2.24) is 9.78 Å². The van der Waals surface area contributed by atoms with E-state index in [0.717, 1.165) is 12.1 Å². The third kappa shape index (κ3) is 4.29. The number of rotatable bonds is 6. The molecule has 12 heteroatoms. The van der Waals surface area contributed by atoms with Crippen LogP contribution in [0.4, 0.5) is 5.69 Å². The summed E-state index contributed by atoms with van der Waals surface area (Å²) in [7, 11) is -3.19. The van der Waals surface area contributed by atoms with Crippen molar-refractivity contribution < 1.29 is 22.3 Å². The van der Waals surface area contributed by atoms with Gasteiger partial charge < -0.3 is 8.92 Å². The van der Waals surface area contributed by atoms with Crippen molar-refractivity contribution in [3.63, 3.8) is 0 Å². The lowest BCUT2D eigenvalue weighted by Crippen LogP contribution is -2.13. The number of nitro groups is 1. The number of ether oxygens (including phenoxy) is 1. The molecular formula is C17H13Cl2N3O6S. The molecule has 1 heterocycles. The minimum Gasteiger partial charge on any atom is -0.490 e. The standard InChI is InChI=1S/C17H13Cl2N3O6S/c1-10-7-17(21(20-10)14-8-11(18)3-5-13(14)19)28-29(25,26)12-4-6-16(27-2)15(9-12)22(23)24/h3-9H,1-2H3. The first kappa shape index (κ1) is 20.9. The number of nitrogens with zero attached hydrogens (tertiary/aromatic N) is 3. The lowest BCUT2D eigenvalue weighted by molar-refractivity contribution is -0.386. The first-order chi connectivity index (χ1) is 13.6. The number of methoxy groups -OCH3 is 1. The van der Waals surface area contributed by atoms with Crippen molar-refractivity contribution in [1.29, 1.82) is 0 Å². The van der Waals surface area contributed by atoms with E-state index in [9.17, 15) is 18.5 Å². The Morgan fingerprint density at radius 1 is 1.14 bits per heavy atom. The molecule has 29 heavy (non-hydrogen) atoms. The number of aromatic nitrogens is 2. The quantitative estimate of drug-likeness (QED) is 0.309. The fourth-order valence-electron chi connectivity index (χ4n) is 2.48. The lowest BCUT2D eigenvalue weighted by Gasteiger charge is -2.11. The summed E-state index contributed by atoms with van der Waals surface area (Å²) < 4.78 is 36.7. The van der Waals surface area contributed by atoms with Gasteiger partial charge in [0, 0.05) is 17.2 Å². The van der Waals surface area contributed by atoms with Crippen molar-refractivity contribution in [3.05, 3.63) is 68.3 Å². The molecule has 152 valence electrons. The van der Waals surface area contributed by atoms with E-state index < -0.39 is 25.6 Å². The van der Waals surface area contributed by atoms with Crippen molar-refractivity contribution in [2.24, 2.45) is 0 Å². The monoisotopic (exact) mass is 457 g/mol. The van der Waals surface area contributed by atoms with E-state index in [2.05, 4.69) is 5.10 Å². The Morgan fingerprint density at radius 2 is 1.86 bits per heavy atom. The second kappa shape index (κ2) is 7.90. The van der Waals surface area contributed by atoms with E-state index in [0.29, 0.717) is 16.4 Å². The van der Waals surface area contributed by atoms with Crippen LogP contribution in [0, 0.1) is 17.0 Å². The predicted molar refractivity (Wildman–Crippen MR) is 106 cm³/mol. The number of hydrogen-bond acceptors (Lipinski definition) is 7. The van der Waals surface area contributed by atoms with Crippen LogP contribution < -0.4 is 8.92 Å². The Labute approximate surface area is 175 Å². The number of aryl methyl sites for hydroxylation is 1. The SMILES string of the molecule is COc1ccc(S(=O)(=O)Oc2cc(C)nn2-c2cc(Cl)ccc2Cl)cc1[N+](=O)[O-]. The molecule has 3 aromatic rings. The van der Waals surface area contributed by atoms with Crippen LogP contribution in [0.2, 0.25) is 10.0 Å². The zero-order valence-electron chi connectivity index (χ0n) is 15.0. The van der Waals surface area contributed by atoms with E-state index in [1.54, 1.807) is 13.0 Å². The molecule has 3 rings (SSSR count). The molecule has 0 atom stereocenters. The van der Waals surface area contributed by atoms with E-state index >= 15 is 0 Å². The van der Waals surface area contributed by atoms with Gasteiger partial charge in [0.2, 0.25) is 5.88 Å². The van der Waals surface area contributed by atoms with Crippen LogP contribution in [0.25, 0.3) is 5.69 Å². The van der Waals surface area contributed by atoms with Gasteiger partial charge in [-0.25, -0.2) is 0 Å². The molecule has 0 saturated carbocycles. The van der Waals surface area contributed by atoms with E-state index in [-0.39, 0.29) is 16.7 Å². The zero-order chi connectivity index (χ0) is 21.3. The van der Waals surface area contributed by atoms with E-state index in [1.165, 1.54) is 36.1 Å². The molecule has 0 amide bonds. The minimum atomic E-state index is -4.43. The van der Waals surface area contributed by atoms with Gasteiger partial charge in [-0.05, 0) is 37.3 Å². The topological polar surface area (TPSA) is 114 Å². The Bertz CT molecular complexity index is 1210. The highest BCUT2D eigenvalue weighted by Crippen LogP contribution is 2.32. The smallest absolute Gasteiger partial charge is 0.340 e. The van der Waals surface area contributed by atoms with Gasteiger partial charge in [-0.3, -0.25) is 10.1 Å². The number of nitro benzene ring substituents is 1. The zero-order valence-corrected chi connectivity index (χ0v) is 17.3. The van der Waals surface area contributed by atoms with Crippen molar-refractivity contribution in [3.8, 4) is 17.3 Å². The Balaban J connectivity index is 2.06. The molecule has 0 saturated heterocycles. The molecule has 0 unspecified atom stereocenters. The highest BCUT2D eigenvalue weighted by Gasteiger charge is 2.26. The molecule has 0 fully saturated rings. The third-order valence-corrected chi connectivity index (χ3v) is 5.54. The highest BCUT2D eigenvalue weighted by atomic mass is 35.5. The van der Waals surface area contributed by atoms with Gasteiger partial charge in [0.15, 0.2) is 5.75 Å². The summed E-state index contributed by atoms with van der Waals surface area (Å²) in [5, 5.41) is 16.0. The Hall–Kier alpha value is -2.82. The molecule has 1 aromatic heterocycles. The van der Waals surface area contributed by atoms with Gasteiger partial charge in [-0.2, -0.15) is 18.2 Å². The summed E-state index contributed by atoms with van der Waals surface area (Å²) >= 11 is 12.2. The average Bonchev–Trinajstić information content (AvgIpc) is 3.02. The molecule has 0 spiro atoms. The van der Waals surface area contributed by atoms with Crippen molar-refractivity contribution >= 4 is 39.0 Å². The number of halogens is 2. The first-order valence-electron chi connectivity index (χ1n) is 7.91. The van der Waals surface area contributed by atoms with E-state index in [1.807, 2.05) is 0 Å². The number of benzene rings is 2. The molecule has 0 bridgehead atoms. The second-order valence-electron chi connectivity index (χ2n) is 5.76. The summed E-state index contributed by atoms with van der Waals surface area (Å²) in [4.78, 5) is 10.0. The van der Waals surface area contributed by atoms with Crippen LogP contribution in [0.5, 0.6) is 11.6 Å². The molecule has 0 aliphatic carbocycles. The summed E-state index contributed by atoms with van der Waals surface area (Å²) in [6.45, 7) is 1.63. The molecule has 0 aliphatic rings. The first-order valence-corrected chi connectivity index (χ1v) is 10.1. The fourth-order valence-corrected chi connectivity index (χ4v) is 3.78. The summed E-state index contributed by atoms with van der Waals surface area (Å²) in [5.74, 6) is -0.245. The minimum absolute atomic E-state index is 0.0828. The second-order valence-corrected chi connectivity index (χ2v) is 8.15. The van der Waals surface area contributed by atoms with Gasteiger partial charge in [0.05, 0.1) is 28.4 Å². The molecule has 9 nitrogen and oxygen atoms in total. The van der Waals surface area contributed by atoms with Crippen LogP contribution in [0.3, 0.4) is 0 Å². The lowest BCUT2D eigenvalue weighted by atomic mass is 10.3. The van der Waals surface area contributed by atoms with Crippen LogP contribution >= 0.6 is 23.2 Å². The predicted octanol–water partition coefficient (Wildman–Crippen LogP) is 4.17. The Morgan fingerprint density at radius 3 is 2.52 bits per heavy atom. The van der Waals surface area contributed by atoms with Gasteiger partial charge in [-0.1, -0.05) is 23.2 Å². The van der Waals surface area contributed by atoms with Gasteiger partial charge in [0.1, 0.15) is 4.90 Å². The average molecular weight is 458 g/mol. The maximum Gasteiger partial charge on any atom is 0.340 e. The van der Waals surface area contributed by atoms with E-state index in [4.69, 9.17) is 32.1 Å². The normalized spacial score (nSPS) is 11.3. The molecule has 0 aliphatic heterocycles.